The first-order chi connectivity index (χ1) is 8.60. The Morgan fingerprint density at radius 1 is 1.33 bits per heavy atom. The summed E-state index contributed by atoms with van der Waals surface area (Å²) >= 11 is 5.91. The molecule has 2 rings (SSSR count). The molecule has 2 N–H and O–H groups in total. The number of nitrogens with one attached hydrogen (secondary N) is 2. The van der Waals surface area contributed by atoms with Crippen molar-refractivity contribution in [2.45, 2.75) is 19.9 Å². The molecule has 0 saturated heterocycles. The Labute approximate surface area is 110 Å². The average Bonchev–Trinajstić information content (AvgIpc) is 2.80. The Hall–Kier alpha value is -1.82. The van der Waals surface area contributed by atoms with E-state index in [-0.39, 0.29) is 0 Å². The summed E-state index contributed by atoms with van der Waals surface area (Å²) < 4.78 is 1.86. The average molecular weight is 267 g/mol. The van der Waals surface area contributed by atoms with Gasteiger partial charge in [-0.15, -0.1) is 0 Å². The molecule has 0 aliphatic carbocycles. The molecule has 0 aliphatic rings. The van der Waals surface area contributed by atoms with Gasteiger partial charge in [0.25, 0.3) is 0 Å². The fourth-order valence-corrected chi connectivity index (χ4v) is 1.60. The number of anilines is 3. The molecular weight excluding hydrogens is 252 g/mol. The van der Waals surface area contributed by atoms with Crippen molar-refractivity contribution in [2.75, 3.05) is 17.7 Å². The van der Waals surface area contributed by atoms with Crippen molar-refractivity contribution >= 4 is 29.1 Å². The Morgan fingerprint density at radius 2 is 2.11 bits per heavy atom. The predicted octanol–water partition coefficient (Wildman–Crippen LogP) is 2.69. The van der Waals surface area contributed by atoms with Gasteiger partial charge in [-0.25, -0.2) is 4.98 Å². The smallest absolute Gasteiger partial charge is 0.229 e. The zero-order chi connectivity index (χ0) is 13.1. The van der Waals surface area contributed by atoms with Crippen LogP contribution in [-0.2, 0) is 0 Å². The Kier molecular flexibility index (Phi) is 3.66. The van der Waals surface area contributed by atoms with Gasteiger partial charge < -0.3 is 10.6 Å². The molecule has 2 aromatic heterocycles. The van der Waals surface area contributed by atoms with Crippen LogP contribution < -0.4 is 10.6 Å². The zero-order valence-corrected chi connectivity index (χ0v) is 11.2. The number of halogens is 1. The van der Waals surface area contributed by atoms with Crippen LogP contribution in [0.15, 0.2) is 18.6 Å². The fraction of sp³-hybridized carbons (Fsp3) is 0.364. The second-order valence-corrected chi connectivity index (χ2v) is 4.48. The summed E-state index contributed by atoms with van der Waals surface area (Å²) in [4.78, 5) is 8.34. The van der Waals surface area contributed by atoms with Crippen LogP contribution in [0.2, 0.25) is 5.02 Å². The standard InChI is InChI=1S/C11H15ClN6/c1-7(2)18-6-8(4-15-18)16-11-14-5-9(12)10(13-3)17-11/h4-7H,1-3H3,(H2,13,14,16,17). The quantitative estimate of drug-likeness (QED) is 0.891. The first kappa shape index (κ1) is 12.6. The van der Waals surface area contributed by atoms with E-state index in [2.05, 4.69) is 39.5 Å². The Bertz CT molecular complexity index is 536. The van der Waals surface area contributed by atoms with Gasteiger partial charge in [0.15, 0.2) is 0 Å². The first-order valence-electron chi connectivity index (χ1n) is 5.61. The second kappa shape index (κ2) is 5.22. The van der Waals surface area contributed by atoms with Crippen LogP contribution in [0, 0.1) is 0 Å². The van der Waals surface area contributed by atoms with Crippen molar-refractivity contribution in [1.82, 2.24) is 19.7 Å². The minimum atomic E-state index is 0.319. The Morgan fingerprint density at radius 3 is 2.72 bits per heavy atom. The fourth-order valence-electron chi connectivity index (χ4n) is 1.42. The third-order valence-corrected chi connectivity index (χ3v) is 2.64. The molecule has 7 heteroatoms. The van der Waals surface area contributed by atoms with Crippen molar-refractivity contribution in [3.8, 4) is 0 Å². The van der Waals surface area contributed by atoms with Crippen LogP contribution in [-0.4, -0.2) is 26.8 Å². The van der Waals surface area contributed by atoms with Crippen molar-refractivity contribution in [3.63, 3.8) is 0 Å². The Balaban J connectivity index is 2.17. The molecule has 96 valence electrons. The molecule has 0 unspecified atom stereocenters. The molecule has 2 aromatic rings. The van der Waals surface area contributed by atoms with Crippen molar-refractivity contribution in [1.29, 1.82) is 0 Å². The third-order valence-electron chi connectivity index (χ3n) is 2.37. The summed E-state index contributed by atoms with van der Waals surface area (Å²) in [6, 6.07) is 0.319. The summed E-state index contributed by atoms with van der Waals surface area (Å²) in [5.41, 5.74) is 0.841. The maximum absolute atomic E-state index is 5.91. The number of nitrogens with zero attached hydrogens (tertiary/aromatic N) is 4. The molecule has 0 saturated carbocycles. The molecule has 0 atom stereocenters. The summed E-state index contributed by atoms with van der Waals surface area (Å²) in [6.07, 6.45) is 5.19. The topological polar surface area (TPSA) is 67.7 Å². The molecule has 18 heavy (non-hydrogen) atoms. The number of rotatable bonds is 4. The van der Waals surface area contributed by atoms with Crippen molar-refractivity contribution < 1.29 is 0 Å². The highest BCUT2D eigenvalue weighted by molar-refractivity contribution is 6.32. The van der Waals surface area contributed by atoms with E-state index in [1.165, 1.54) is 0 Å². The van der Waals surface area contributed by atoms with E-state index in [4.69, 9.17) is 11.6 Å². The van der Waals surface area contributed by atoms with E-state index < -0.39 is 0 Å². The maximum atomic E-state index is 5.91. The first-order valence-corrected chi connectivity index (χ1v) is 5.99. The minimum Gasteiger partial charge on any atom is -0.372 e. The normalized spacial score (nSPS) is 10.7. The summed E-state index contributed by atoms with van der Waals surface area (Å²) in [5.74, 6) is 1.07. The van der Waals surface area contributed by atoms with E-state index in [1.54, 1.807) is 19.4 Å². The molecule has 0 bridgehead atoms. The molecule has 0 aliphatic heterocycles. The van der Waals surface area contributed by atoms with E-state index >= 15 is 0 Å². The van der Waals surface area contributed by atoms with E-state index in [9.17, 15) is 0 Å². The van der Waals surface area contributed by atoms with Gasteiger partial charge in [-0.3, -0.25) is 4.68 Å². The van der Waals surface area contributed by atoms with Gasteiger partial charge in [0, 0.05) is 19.3 Å². The number of aromatic nitrogens is 4. The summed E-state index contributed by atoms with van der Waals surface area (Å²) in [7, 11) is 1.76. The number of hydrogen-bond donors (Lipinski definition) is 2. The van der Waals surface area contributed by atoms with Crippen LogP contribution in [0.3, 0.4) is 0 Å². The van der Waals surface area contributed by atoms with Crippen LogP contribution in [0.25, 0.3) is 0 Å². The van der Waals surface area contributed by atoms with Crippen LogP contribution in [0.1, 0.15) is 19.9 Å². The van der Waals surface area contributed by atoms with E-state index in [0.717, 1.165) is 5.69 Å². The molecule has 2 heterocycles. The van der Waals surface area contributed by atoms with Crippen molar-refractivity contribution in [2.24, 2.45) is 0 Å². The molecule has 6 nitrogen and oxygen atoms in total. The molecule has 0 radical (unpaired) electrons. The van der Waals surface area contributed by atoms with Crippen LogP contribution >= 0.6 is 11.6 Å². The highest BCUT2D eigenvalue weighted by Gasteiger charge is 2.06. The van der Waals surface area contributed by atoms with Gasteiger partial charge in [-0.05, 0) is 13.8 Å². The maximum Gasteiger partial charge on any atom is 0.229 e. The summed E-state index contributed by atoms with van der Waals surface area (Å²) in [6.45, 7) is 4.13. The largest absolute Gasteiger partial charge is 0.372 e. The monoisotopic (exact) mass is 266 g/mol. The van der Waals surface area contributed by atoms with Gasteiger partial charge in [0.1, 0.15) is 10.8 Å². The van der Waals surface area contributed by atoms with Crippen molar-refractivity contribution in [3.05, 3.63) is 23.6 Å². The highest BCUT2D eigenvalue weighted by atomic mass is 35.5. The van der Waals surface area contributed by atoms with Crippen LogP contribution in [0.5, 0.6) is 0 Å². The van der Waals surface area contributed by atoms with E-state index in [0.29, 0.717) is 22.8 Å². The molecular formula is C11H15ClN6. The van der Waals surface area contributed by atoms with Crippen LogP contribution in [0.4, 0.5) is 17.5 Å². The number of hydrogen-bond acceptors (Lipinski definition) is 5. The zero-order valence-electron chi connectivity index (χ0n) is 10.5. The summed E-state index contributed by atoms with van der Waals surface area (Å²) in [5, 5.41) is 10.7. The minimum absolute atomic E-state index is 0.319. The third kappa shape index (κ3) is 2.70. The van der Waals surface area contributed by atoms with E-state index in [1.807, 2.05) is 10.9 Å². The SMILES string of the molecule is CNc1nc(Nc2cnn(C(C)C)c2)ncc1Cl. The van der Waals surface area contributed by atoms with Gasteiger partial charge in [0.05, 0.1) is 18.1 Å². The molecule has 0 spiro atoms. The lowest BCUT2D eigenvalue weighted by Crippen LogP contribution is -2.01. The van der Waals surface area contributed by atoms with Gasteiger partial charge >= 0.3 is 0 Å². The highest BCUT2D eigenvalue weighted by Crippen LogP contribution is 2.20. The molecule has 0 amide bonds. The molecule has 0 aromatic carbocycles. The predicted molar refractivity (Wildman–Crippen MR) is 72.5 cm³/mol. The lowest BCUT2D eigenvalue weighted by Gasteiger charge is -2.06. The van der Waals surface area contributed by atoms with Gasteiger partial charge in [-0.2, -0.15) is 10.1 Å². The lowest BCUT2D eigenvalue weighted by molar-refractivity contribution is 0.532. The lowest BCUT2D eigenvalue weighted by atomic mass is 10.4. The van der Waals surface area contributed by atoms with Gasteiger partial charge in [0.2, 0.25) is 5.95 Å². The molecule has 0 fully saturated rings. The van der Waals surface area contributed by atoms with Gasteiger partial charge in [-0.1, -0.05) is 11.6 Å². The second-order valence-electron chi connectivity index (χ2n) is 4.07.